The topological polar surface area (TPSA) is 98.1 Å². The Bertz CT molecular complexity index is 1580. The molecule has 5 heterocycles. The molecule has 3 unspecified atom stereocenters. The molecule has 11 nitrogen and oxygen atoms in total. The SMILES string of the molecule is [C-]#[N+]CC1CN(c2nc(OCC3CCCN3C)nc3c2CN(C)C(c2c(Cl)c(C)cc4[nH]ncc24)C3)CCN1C(=O)C=C. The lowest BCUT2D eigenvalue weighted by molar-refractivity contribution is -0.128. The van der Waals surface area contributed by atoms with Crippen molar-refractivity contribution in [1.29, 1.82) is 0 Å². The highest BCUT2D eigenvalue weighted by Crippen LogP contribution is 2.42. The number of benzene rings is 1. The number of ether oxygens (including phenoxy) is 1. The summed E-state index contributed by atoms with van der Waals surface area (Å²) >= 11 is 6.97. The largest absolute Gasteiger partial charge is 0.462 e. The van der Waals surface area contributed by atoms with E-state index in [1.807, 2.05) is 19.2 Å². The monoisotopic (exact) mass is 603 g/mol. The zero-order chi connectivity index (χ0) is 30.2. The first kappa shape index (κ1) is 29.4. The van der Waals surface area contributed by atoms with Crippen molar-refractivity contribution in [2.45, 2.75) is 50.9 Å². The molecular weight excluding hydrogens is 566 g/mol. The summed E-state index contributed by atoms with van der Waals surface area (Å²) in [6.07, 6.45) is 6.05. The van der Waals surface area contributed by atoms with Gasteiger partial charge in [-0.15, -0.1) is 0 Å². The lowest BCUT2D eigenvalue weighted by Crippen LogP contribution is -2.56. The number of likely N-dealkylation sites (tertiary alicyclic amines) is 1. The smallest absolute Gasteiger partial charge is 0.318 e. The first-order valence-corrected chi connectivity index (χ1v) is 15.2. The number of nitrogens with one attached hydrogen (secondary N) is 1. The van der Waals surface area contributed by atoms with Crippen LogP contribution in [0.1, 0.15) is 41.3 Å². The Morgan fingerprint density at radius 1 is 1.26 bits per heavy atom. The predicted octanol–water partition coefficient (Wildman–Crippen LogP) is 3.64. The van der Waals surface area contributed by atoms with E-state index in [1.54, 1.807) is 4.90 Å². The van der Waals surface area contributed by atoms with Crippen molar-refractivity contribution in [1.82, 2.24) is 34.9 Å². The molecule has 0 aliphatic carbocycles. The highest BCUT2D eigenvalue weighted by molar-refractivity contribution is 6.33. The maximum Gasteiger partial charge on any atom is 0.318 e. The molecule has 0 saturated carbocycles. The van der Waals surface area contributed by atoms with E-state index < -0.39 is 0 Å². The average molecular weight is 604 g/mol. The van der Waals surface area contributed by atoms with Gasteiger partial charge in [0.1, 0.15) is 18.5 Å². The number of carbonyl (C=O) groups is 1. The van der Waals surface area contributed by atoms with Crippen LogP contribution in [0.3, 0.4) is 0 Å². The molecule has 3 aliphatic heterocycles. The zero-order valence-electron chi connectivity index (χ0n) is 25.0. The third-order valence-corrected chi connectivity index (χ3v) is 9.73. The van der Waals surface area contributed by atoms with Gasteiger partial charge >= 0.3 is 6.01 Å². The number of carbonyl (C=O) groups excluding carboxylic acids is 1. The molecule has 226 valence electrons. The summed E-state index contributed by atoms with van der Waals surface area (Å²) in [6.45, 7) is 17.2. The van der Waals surface area contributed by atoms with Crippen LogP contribution in [0.15, 0.2) is 24.9 Å². The van der Waals surface area contributed by atoms with Crippen LogP contribution in [0.25, 0.3) is 15.7 Å². The van der Waals surface area contributed by atoms with Crippen molar-refractivity contribution < 1.29 is 9.53 Å². The Hall–Kier alpha value is -3.72. The number of piperazine rings is 1. The van der Waals surface area contributed by atoms with Crippen molar-refractivity contribution >= 4 is 34.2 Å². The molecule has 3 aliphatic rings. The highest BCUT2D eigenvalue weighted by atomic mass is 35.5. The normalized spacial score (nSPS) is 22.9. The van der Waals surface area contributed by atoms with Gasteiger partial charge in [0, 0.05) is 60.7 Å². The molecule has 12 heteroatoms. The van der Waals surface area contributed by atoms with Gasteiger partial charge in [-0.1, -0.05) is 18.2 Å². The second-order valence-electron chi connectivity index (χ2n) is 11.9. The van der Waals surface area contributed by atoms with Crippen LogP contribution < -0.4 is 9.64 Å². The first-order valence-electron chi connectivity index (χ1n) is 14.8. The number of fused-ring (bicyclic) bond motifs is 2. The van der Waals surface area contributed by atoms with E-state index in [4.69, 9.17) is 32.9 Å². The molecule has 2 aromatic heterocycles. The Balaban J connectivity index is 1.38. The lowest BCUT2D eigenvalue weighted by Gasteiger charge is -2.42. The molecule has 1 aromatic carbocycles. The minimum Gasteiger partial charge on any atom is -0.462 e. The van der Waals surface area contributed by atoms with Crippen molar-refractivity contribution in [2.24, 2.45) is 0 Å². The fourth-order valence-electron chi connectivity index (χ4n) is 6.81. The van der Waals surface area contributed by atoms with Gasteiger partial charge in [0.25, 0.3) is 0 Å². The van der Waals surface area contributed by atoms with E-state index in [-0.39, 0.29) is 24.5 Å². The third kappa shape index (κ3) is 5.55. The fourth-order valence-corrected chi connectivity index (χ4v) is 7.09. The molecule has 0 spiro atoms. The predicted molar refractivity (Wildman–Crippen MR) is 166 cm³/mol. The van der Waals surface area contributed by atoms with Crippen LogP contribution in [0.2, 0.25) is 5.02 Å². The summed E-state index contributed by atoms with van der Waals surface area (Å²) < 4.78 is 6.31. The summed E-state index contributed by atoms with van der Waals surface area (Å²) in [6, 6.07) is 2.46. The number of hydrogen-bond acceptors (Lipinski definition) is 8. The second kappa shape index (κ2) is 12.1. The van der Waals surface area contributed by atoms with Gasteiger partial charge in [0.15, 0.2) is 0 Å². The molecule has 2 fully saturated rings. The van der Waals surface area contributed by atoms with E-state index in [2.05, 4.69) is 50.4 Å². The van der Waals surface area contributed by atoms with E-state index in [0.717, 1.165) is 63.5 Å². The van der Waals surface area contributed by atoms with Gasteiger partial charge in [-0.05, 0) is 63.7 Å². The van der Waals surface area contributed by atoms with Gasteiger partial charge in [-0.25, -0.2) is 6.57 Å². The van der Waals surface area contributed by atoms with Crippen molar-refractivity contribution in [3.8, 4) is 6.01 Å². The average Bonchev–Trinajstić information content (AvgIpc) is 3.64. The number of aromatic nitrogens is 4. The Morgan fingerprint density at radius 3 is 2.84 bits per heavy atom. The molecule has 3 aromatic rings. The van der Waals surface area contributed by atoms with E-state index in [1.165, 1.54) is 6.08 Å². The van der Waals surface area contributed by atoms with E-state index >= 15 is 0 Å². The van der Waals surface area contributed by atoms with Crippen LogP contribution >= 0.6 is 11.6 Å². The number of rotatable bonds is 7. The fraction of sp³-hybridized carbons (Fsp3) is 0.516. The number of halogens is 1. The van der Waals surface area contributed by atoms with Crippen molar-refractivity contribution in [2.75, 3.05) is 58.3 Å². The van der Waals surface area contributed by atoms with Gasteiger partial charge in [0.05, 0.1) is 17.4 Å². The number of likely N-dealkylation sites (N-methyl/N-ethyl adjacent to an activating group) is 2. The minimum absolute atomic E-state index is 0.0199. The number of nitrogens with zero attached hydrogens (tertiary/aromatic N) is 8. The summed E-state index contributed by atoms with van der Waals surface area (Å²) in [7, 11) is 4.23. The maximum atomic E-state index is 12.6. The Morgan fingerprint density at radius 2 is 2.09 bits per heavy atom. The molecule has 0 radical (unpaired) electrons. The first-order chi connectivity index (χ1) is 20.8. The number of aromatic amines is 1. The number of hydrogen-bond donors (Lipinski definition) is 1. The summed E-state index contributed by atoms with van der Waals surface area (Å²) in [5.41, 5.74) is 4.98. The standard InChI is InChI=1S/C31H38ClN9O2/c1-6-27(42)41-11-10-40(16-21(41)14-33-3)30-23-17-39(5)26(28-22-15-34-37-25(22)12-19(2)29(28)32)13-24(23)35-31(36-30)43-18-20-8-7-9-38(20)4/h6,12,15,20-21,26H,1,7-11,13-14,16-18H2,2,4-5H3,(H,34,37). The molecule has 0 bridgehead atoms. The van der Waals surface area contributed by atoms with E-state index in [0.29, 0.717) is 51.3 Å². The van der Waals surface area contributed by atoms with Crippen LogP contribution in [0.5, 0.6) is 6.01 Å². The molecule has 1 amide bonds. The van der Waals surface area contributed by atoms with Crippen LogP contribution in [0.4, 0.5) is 5.82 Å². The van der Waals surface area contributed by atoms with E-state index in [9.17, 15) is 4.79 Å². The molecule has 6 rings (SSSR count). The molecule has 3 atom stereocenters. The van der Waals surface area contributed by atoms with Crippen LogP contribution in [-0.2, 0) is 17.8 Å². The van der Waals surface area contributed by atoms with Crippen LogP contribution in [0, 0.1) is 13.5 Å². The Kier molecular flexibility index (Phi) is 8.27. The molecule has 43 heavy (non-hydrogen) atoms. The Labute approximate surface area is 257 Å². The van der Waals surface area contributed by atoms with Crippen LogP contribution in [-0.4, -0.2) is 106 Å². The summed E-state index contributed by atoms with van der Waals surface area (Å²) in [5, 5.41) is 9.15. The summed E-state index contributed by atoms with van der Waals surface area (Å²) in [5.74, 6) is 0.667. The van der Waals surface area contributed by atoms with Gasteiger partial charge in [0.2, 0.25) is 12.5 Å². The molecule has 1 N–H and O–H groups in total. The zero-order valence-corrected chi connectivity index (χ0v) is 25.8. The van der Waals surface area contributed by atoms with Gasteiger partial charge in [-0.2, -0.15) is 15.1 Å². The van der Waals surface area contributed by atoms with Gasteiger partial charge < -0.3 is 24.3 Å². The van der Waals surface area contributed by atoms with Crippen molar-refractivity contribution in [3.05, 3.63) is 63.7 Å². The number of anilines is 1. The second-order valence-corrected chi connectivity index (χ2v) is 12.3. The lowest BCUT2D eigenvalue weighted by atomic mass is 9.90. The highest BCUT2D eigenvalue weighted by Gasteiger charge is 2.37. The quantitative estimate of drug-likeness (QED) is 0.323. The molecular formula is C31H38ClN9O2. The van der Waals surface area contributed by atoms with Gasteiger partial charge in [-0.3, -0.25) is 14.8 Å². The number of amides is 1. The minimum atomic E-state index is -0.256. The third-order valence-electron chi connectivity index (χ3n) is 9.23. The summed E-state index contributed by atoms with van der Waals surface area (Å²) in [4.78, 5) is 34.8. The molecule has 2 saturated heterocycles. The van der Waals surface area contributed by atoms with Crippen molar-refractivity contribution in [3.63, 3.8) is 0 Å². The maximum absolute atomic E-state index is 12.6. The number of aryl methyl sites for hydroxylation is 1. The number of H-pyrrole nitrogens is 1.